The molecule has 0 fully saturated rings. The molecule has 0 radical (unpaired) electrons. The van der Waals surface area contributed by atoms with E-state index in [4.69, 9.17) is 23.2 Å². The molecule has 6 heteroatoms. The van der Waals surface area contributed by atoms with Gasteiger partial charge in [-0.05, 0) is 48.3 Å². The van der Waals surface area contributed by atoms with Gasteiger partial charge in [0, 0.05) is 10.0 Å². The lowest BCUT2D eigenvalue weighted by atomic mass is 10.0. The van der Waals surface area contributed by atoms with Crippen molar-refractivity contribution in [3.8, 4) is 0 Å². The van der Waals surface area contributed by atoms with Crippen LogP contribution in [0.2, 0.25) is 10.0 Å². The van der Waals surface area contributed by atoms with Crippen LogP contribution >= 0.6 is 34.7 Å². The SMILES string of the molecule is CCNC(c1cc(Cl)ccc1Cl)c1snnc1CC. The molecule has 1 unspecified atom stereocenters. The van der Waals surface area contributed by atoms with Crippen molar-refractivity contribution in [2.24, 2.45) is 0 Å². The van der Waals surface area contributed by atoms with Crippen LogP contribution in [0.15, 0.2) is 18.2 Å². The Labute approximate surface area is 127 Å². The number of aryl methyl sites for hydroxylation is 1. The number of rotatable bonds is 5. The van der Waals surface area contributed by atoms with E-state index in [1.807, 2.05) is 12.1 Å². The molecule has 0 aliphatic rings. The van der Waals surface area contributed by atoms with Crippen LogP contribution < -0.4 is 5.32 Å². The quantitative estimate of drug-likeness (QED) is 0.902. The lowest BCUT2D eigenvalue weighted by molar-refractivity contribution is 0.633. The molecule has 0 bridgehead atoms. The fourth-order valence-corrected chi connectivity index (χ4v) is 3.20. The molecule has 0 saturated heterocycles. The minimum absolute atomic E-state index is 0.00819. The molecule has 0 aliphatic carbocycles. The van der Waals surface area contributed by atoms with Crippen LogP contribution in [-0.4, -0.2) is 16.1 Å². The van der Waals surface area contributed by atoms with Gasteiger partial charge in [0.2, 0.25) is 0 Å². The fraction of sp³-hybridized carbons (Fsp3) is 0.385. The summed E-state index contributed by atoms with van der Waals surface area (Å²) in [5.74, 6) is 0. The Morgan fingerprint density at radius 2 is 2.11 bits per heavy atom. The molecule has 2 aromatic rings. The summed E-state index contributed by atoms with van der Waals surface area (Å²) < 4.78 is 4.05. The van der Waals surface area contributed by atoms with E-state index < -0.39 is 0 Å². The number of aromatic nitrogens is 2. The summed E-state index contributed by atoms with van der Waals surface area (Å²) in [6, 6.07) is 5.51. The number of benzene rings is 1. The molecule has 102 valence electrons. The zero-order valence-electron chi connectivity index (χ0n) is 10.8. The molecule has 0 amide bonds. The smallest absolute Gasteiger partial charge is 0.0804 e. The first kappa shape index (κ1) is 14.7. The van der Waals surface area contributed by atoms with Crippen molar-refractivity contribution in [2.75, 3.05) is 6.54 Å². The summed E-state index contributed by atoms with van der Waals surface area (Å²) in [5, 5.41) is 8.98. The minimum Gasteiger partial charge on any atom is -0.306 e. The second kappa shape index (κ2) is 6.66. The largest absolute Gasteiger partial charge is 0.306 e. The molecule has 19 heavy (non-hydrogen) atoms. The summed E-state index contributed by atoms with van der Waals surface area (Å²) >= 11 is 13.8. The van der Waals surface area contributed by atoms with E-state index in [-0.39, 0.29) is 6.04 Å². The van der Waals surface area contributed by atoms with Crippen molar-refractivity contribution in [2.45, 2.75) is 26.3 Å². The first-order valence-electron chi connectivity index (χ1n) is 6.16. The third-order valence-electron chi connectivity index (χ3n) is 2.86. The Kier molecular flexibility index (Phi) is 5.16. The van der Waals surface area contributed by atoms with Crippen molar-refractivity contribution in [3.63, 3.8) is 0 Å². The van der Waals surface area contributed by atoms with Gasteiger partial charge in [-0.25, -0.2) is 0 Å². The van der Waals surface area contributed by atoms with E-state index in [0.29, 0.717) is 10.0 Å². The average Bonchev–Trinajstić information content (AvgIpc) is 2.87. The van der Waals surface area contributed by atoms with Gasteiger partial charge in [0.1, 0.15) is 0 Å². The minimum atomic E-state index is -0.00819. The van der Waals surface area contributed by atoms with Crippen molar-refractivity contribution >= 4 is 34.7 Å². The molecular weight excluding hydrogens is 301 g/mol. The van der Waals surface area contributed by atoms with Crippen LogP contribution in [0.3, 0.4) is 0 Å². The standard InChI is InChI=1S/C13H15Cl2N3S/c1-3-11-13(19-18-17-11)12(16-4-2)9-7-8(14)5-6-10(9)15/h5-7,12,16H,3-4H2,1-2H3. The van der Waals surface area contributed by atoms with Crippen LogP contribution in [0.25, 0.3) is 0 Å². The maximum atomic E-state index is 6.30. The summed E-state index contributed by atoms with van der Waals surface area (Å²) in [4.78, 5) is 1.11. The highest BCUT2D eigenvalue weighted by Gasteiger charge is 2.22. The zero-order valence-corrected chi connectivity index (χ0v) is 13.1. The van der Waals surface area contributed by atoms with Crippen molar-refractivity contribution in [1.82, 2.24) is 14.9 Å². The Morgan fingerprint density at radius 3 is 2.79 bits per heavy atom. The van der Waals surface area contributed by atoms with Crippen LogP contribution in [0.5, 0.6) is 0 Å². The lowest BCUT2D eigenvalue weighted by Gasteiger charge is -2.19. The number of nitrogens with zero attached hydrogens (tertiary/aromatic N) is 2. The number of hydrogen-bond donors (Lipinski definition) is 1. The summed E-state index contributed by atoms with van der Waals surface area (Å²) in [6.07, 6.45) is 0.853. The Bertz CT molecular complexity index is 557. The first-order chi connectivity index (χ1) is 9.17. The Hall–Kier alpha value is -0.680. The normalized spacial score (nSPS) is 12.6. The molecule has 0 saturated carbocycles. The molecule has 3 nitrogen and oxygen atoms in total. The Balaban J connectivity index is 2.48. The first-order valence-corrected chi connectivity index (χ1v) is 7.69. The molecular formula is C13H15Cl2N3S. The van der Waals surface area contributed by atoms with Crippen molar-refractivity contribution < 1.29 is 0 Å². The van der Waals surface area contributed by atoms with Gasteiger partial charge in [-0.3, -0.25) is 0 Å². The van der Waals surface area contributed by atoms with Crippen molar-refractivity contribution in [3.05, 3.63) is 44.4 Å². The second-order valence-corrected chi connectivity index (χ2v) is 5.72. The predicted octanol–water partition coefficient (Wildman–Crippen LogP) is 4.11. The van der Waals surface area contributed by atoms with Gasteiger partial charge >= 0.3 is 0 Å². The number of hydrogen-bond acceptors (Lipinski definition) is 4. The van der Waals surface area contributed by atoms with Gasteiger partial charge in [0.05, 0.1) is 16.6 Å². The average molecular weight is 316 g/mol. The lowest BCUT2D eigenvalue weighted by Crippen LogP contribution is -2.22. The monoisotopic (exact) mass is 315 g/mol. The maximum absolute atomic E-state index is 6.30. The molecule has 1 aromatic heterocycles. The van der Waals surface area contributed by atoms with Crippen LogP contribution in [-0.2, 0) is 6.42 Å². The maximum Gasteiger partial charge on any atom is 0.0804 e. The number of nitrogens with one attached hydrogen (secondary N) is 1. The van der Waals surface area contributed by atoms with E-state index in [1.165, 1.54) is 11.5 Å². The van der Waals surface area contributed by atoms with Crippen LogP contribution in [0.4, 0.5) is 0 Å². The molecule has 1 aromatic carbocycles. The third-order valence-corrected chi connectivity index (χ3v) is 4.27. The predicted molar refractivity (Wildman–Crippen MR) is 81.3 cm³/mol. The molecule has 1 heterocycles. The fourth-order valence-electron chi connectivity index (χ4n) is 1.96. The van der Waals surface area contributed by atoms with Gasteiger partial charge in [-0.2, -0.15) is 0 Å². The summed E-state index contributed by atoms with van der Waals surface area (Å²) in [7, 11) is 0. The highest BCUT2D eigenvalue weighted by molar-refractivity contribution is 7.05. The summed E-state index contributed by atoms with van der Waals surface area (Å²) in [5.41, 5.74) is 1.98. The zero-order chi connectivity index (χ0) is 13.8. The van der Waals surface area contributed by atoms with Crippen LogP contribution in [0.1, 0.15) is 36.0 Å². The highest BCUT2D eigenvalue weighted by atomic mass is 35.5. The van der Waals surface area contributed by atoms with Gasteiger partial charge in [0.15, 0.2) is 0 Å². The Morgan fingerprint density at radius 1 is 1.32 bits per heavy atom. The third kappa shape index (κ3) is 3.26. The topological polar surface area (TPSA) is 37.8 Å². The molecule has 1 atom stereocenters. The van der Waals surface area contributed by atoms with E-state index in [0.717, 1.165) is 29.1 Å². The van der Waals surface area contributed by atoms with Gasteiger partial charge < -0.3 is 5.32 Å². The van der Waals surface area contributed by atoms with Gasteiger partial charge in [-0.15, -0.1) is 5.10 Å². The van der Waals surface area contributed by atoms with Crippen molar-refractivity contribution in [1.29, 1.82) is 0 Å². The molecule has 1 N–H and O–H groups in total. The van der Waals surface area contributed by atoms with E-state index in [1.54, 1.807) is 6.07 Å². The van der Waals surface area contributed by atoms with Crippen LogP contribution in [0, 0.1) is 0 Å². The number of halogens is 2. The van der Waals surface area contributed by atoms with E-state index in [9.17, 15) is 0 Å². The molecule has 2 rings (SSSR count). The van der Waals surface area contributed by atoms with E-state index >= 15 is 0 Å². The highest BCUT2D eigenvalue weighted by Crippen LogP contribution is 2.33. The second-order valence-electron chi connectivity index (χ2n) is 4.09. The molecule has 0 spiro atoms. The van der Waals surface area contributed by atoms with E-state index in [2.05, 4.69) is 28.8 Å². The summed E-state index contributed by atoms with van der Waals surface area (Å²) in [6.45, 7) is 4.96. The molecule has 0 aliphatic heterocycles. The van der Waals surface area contributed by atoms with Gasteiger partial charge in [0.25, 0.3) is 0 Å². The van der Waals surface area contributed by atoms with Gasteiger partial charge in [-0.1, -0.05) is 41.5 Å².